The first kappa shape index (κ1) is 32.6. The van der Waals surface area contributed by atoms with Crippen molar-refractivity contribution in [1.82, 2.24) is 9.97 Å². The molecule has 4 aromatic carbocycles. The van der Waals surface area contributed by atoms with Crippen LogP contribution in [0, 0.1) is 13.8 Å². The van der Waals surface area contributed by atoms with Crippen molar-refractivity contribution in [2.24, 2.45) is 0 Å². The van der Waals surface area contributed by atoms with Crippen molar-refractivity contribution < 1.29 is 48.1 Å². The summed E-state index contributed by atoms with van der Waals surface area (Å²) in [4.78, 5) is 9.00. The average Bonchev–Trinajstić information content (AvgIpc) is 3.58. The van der Waals surface area contributed by atoms with Crippen molar-refractivity contribution in [3.05, 3.63) is 139 Å². The van der Waals surface area contributed by atoms with Gasteiger partial charge in [0.05, 0.1) is 11.4 Å². The zero-order chi connectivity index (χ0) is 26.0. The van der Waals surface area contributed by atoms with Crippen molar-refractivity contribution in [1.29, 1.82) is 0 Å². The summed E-state index contributed by atoms with van der Waals surface area (Å²) in [7, 11) is 0. The number of aryl methyl sites for hydroxylation is 2. The van der Waals surface area contributed by atoms with Crippen LogP contribution in [0.3, 0.4) is 0 Å². The van der Waals surface area contributed by atoms with Gasteiger partial charge in [-0.1, -0.05) is 32.0 Å². The largest absolute Gasteiger partial charge is 1.00 e. The molecule has 0 radical (unpaired) electrons. The summed E-state index contributed by atoms with van der Waals surface area (Å²) in [5.41, 5.74) is 6.76. The van der Waals surface area contributed by atoms with E-state index in [2.05, 4.69) is 103 Å². The van der Waals surface area contributed by atoms with Gasteiger partial charge in [0.25, 0.3) is 0 Å². The standard InChI is InChI=1S/C20H15N2.C7H8Si.C6H7.2ClH.Zr/c1-14-10-15-12-16(19-6-2-4-8-21-19)13-18(17(15)11-14)20-7-3-5-9-22-20;1-8-7-5-3-2-4-6-7;1-6-4-2-3-5-6;;;/h2-13H,1H3;2-6H,1H3;2-5H,1H3;2*1H;/q-1;;-1;;;+2/p-2. The molecule has 0 aliphatic heterocycles. The molecule has 0 aliphatic carbocycles. The van der Waals surface area contributed by atoms with Gasteiger partial charge in [-0.05, 0) is 35.4 Å². The first-order valence-corrected chi connectivity index (χ1v) is 18.0. The first-order chi connectivity index (χ1) is 18.0. The van der Waals surface area contributed by atoms with E-state index < -0.39 is 0 Å². The van der Waals surface area contributed by atoms with Gasteiger partial charge in [-0.2, -0.15) is 23.8 Å². The van der Waals surface area contributed by atoms with E-state index >= 15 is 0 Å². The number of pyridine rings is 2. The van der Waals surface area contributed by atoms with Crippen LogP contribution in [-0.2, 0) is 23.3 Å². The number of hydrogen-bond acceptors (Lipinski definition) is 2. The van der Waals surface area contributed by atoms with Gasteiger partial charge in [0.2, 0.25) is 0 Å². The van der Waals surface area contributed by atoms with Gasteiger partial charge in [-0.3, -0.25) is 9.97 Å². The van der Waals surface area contributed by atoms with Gasteiger partial charge >= 0.3 is 70.8 Å². The molecule has 0 bridgehead atoms. The zero-order valence-corrected chi connectivity index (χ0v) is 27.2. The Balaban J connectivity index is 0.000000260. The van der Waals surface area contributed by atoms with Crippen LogP contribution in [0.4, 0.5) is 0 Å². The molecule has 6 rings (SSSR count). The van der Waals surface area contributed by atoms with E-state index in [1.165, 1.54) is 21.9 Å². The van der Waals surface area contributed by atoms with E-state index in [1.54, 1.807) is 28.5 Å². The Morgan fingerprint density at radius 3 is 1.82 bits per heavy atom. The number of benzene rings is 2. The number of fused-ring (bicyclic) bond motifs is 1. The zero-order valence-electron chi connectivity index (χ0n) is 22.3. The Morgan fingerprint density at radius 2 is 1.33 bits per heavy atom. The summed E-state index contributed by atoms with van der Waals surface area (Å²) >= 11 is 1.69. The second-order valence-electron chi connectivity index (χ2n) is 8.94. The van der Waals surface area contributed by atoms with Gasteiger partial charge in [0, 0.05) is 12.4 Å². The minimum atomic E-state index is -0.122. The maximum atomic E-state index is 4.52. The van der Waals surface area contributed by atoms with E-state index in [1.807, 2.05) is 54.9 Å². The van der Waals surface area contributed by atoms with Crippen LogP contribution >= 0.6 is 0 Å². The molecule has 196 valence electrons. The summed E-state index contributed by atoms with van der Waals surface area (Å²) in [5, 5.41) is 4.04. The predicted molar refractivity (Wildman–Crippen MR) is 155 cm³/mol. The third-order valence-electron chi connectivity index (χ3n) is 5.90. The van der Waals surface area contributed by atoms with E-state index in [0.29, 0.717) is 0 Å². The van der Waals surface area contributed by atoms with Crippen molar-refractivity contribution in [2.75, 3.05) is 0 Å². The molecule has 0 saturated carbocycles. The SMILES string of the molecule is C[Si](=[Zr+2])c1ccccc1.C[c-]1cccc1.Cc1cc2c(-c3ccccn3)cc(-c3ccccn3)cc2[cH-]1.[Cl-].[Cl-]. The van der Waals surface area contributed by atoms with E-state index in [0.717, 1.165) is 22.5 Å². The Morgan fingerprint density at radius 1 is 0.744 bits per heavy atom. The molecule has 0 aliphatic rings. The molecular weight excluding hydrogens is 615 g/mol. The predicted octanol–water partition coefficient (Wildman–Crippen LogP) is 1.77. The Labute approximate surface area is 259 Å². The van der Waals surface area contributed by atoms with Crippen molar-refractivity contribution in [3.8, 4) is 22.5 Å². The summed E-state index contributed by atoms with van der Waals surface area (Å²) < 4.78 is 0. The van der Waals surface area contributed by atoms with Gasteiger partial charge in [-0.15, -0.1) is 28.5 Å². The molecule has 0 saturated heterocycles. The fraction of sp³-hybridized carbons (Fsp3) is 0.0909. The monoisotopic (exact) mass is 642 g/mol. The molecule has 0 N–H and O–H groups in total. The second kappa shape index (κ2) is 16.5. The van der Waals surface area contributed by atoms with Crippen LogP contribution in [0.5, 0.6) is 0 Å². The minimum Gasteiger partial charge on any atom is -1.00 e. The second-order valence-corrected chi connectivity index (χ2v) is 16.3. The van der Waals surface area contributed by atoms with Crippen molar-refractivity contribution in [2.45, 2.75) is 20.4 Å². The van der Waals surface area contributed by atoms with Crippen LogP contribution in [0.1, 0.15) is 11.1 Å². The topological polar surface area (TPSA) is 25.8 Å². The minimum absolute atomic E-state index is 0. The Hall–Kier alpha value is -2.62. The first-order valence-electron chi connectivity index (χ1n) is 12.3. The maximum Gasteiger partial charge on any atom is 0.0609 e. The van der Waals surface area contributed by atoms with Crippen molar-refractivity contribution >= 4 is 21.4 Å². The normalized spacial score (nSPS) is 9.67. The van der Waals surface area contributed by atoms with E-state index in [9.17, 15) is 0 Å². The molecule has 2 nitrogen and oxygen atoms in total. The molecule has 6 aromatic rings. The number of rotatable bonds is 3. The molecule has 0 atom stereocenters. The molecular formula is C33H30Cl2N2SiZr-2. The quantitative estimate of drug-likeness (QED) is 0.217. The van der Waals surface area contributed by atoms with Gasteiger partial charge in [0.1, 0.15) is 0 Å². The number of hydrogen-bond donors (Lipinski definition) is 0. The molecule has 6 heteroatoms. The molecule has 0 amide bonds. The Bertz CT molecular complexity index is 1550. The number of aromatic nitrogens is 2. The summed E-state index contributed by atoms with van der Waals surface area (Å²) in [6, 6.07) is 39.9. The van der Waals surface area contributed by atoms with Gasteiger partial charge in [0.15, 0.2) is 0 Å². The smallest absolute Gasteiger partial charge is 0.0609 e. The van der Waals surface area contributed by atoms with Gasteiger partial charge in [-0.25, -0.2) is 12.1 Å². The summed E-state index contributed by atoms with van der Waals surface area (Å²) in [6.45, 7) is 6.56. The van der Waals surface area contributed by atoms with Crippen LogP contribution in [0.2, 0.25) is 6.55 Å². The maximum absolute atomic E-state index is 4.52. The van der Waals surface area contributed by atoms with Crippen LogP contribution in [0.25, 0.3) is 33.3 Å². The summed E-state index contributed by atoms with van der Waals surface area (Å²) in [5.74, 6) is 0. The molecule has 0 unspecified atom stereocenters. The molecule has 0 spiro atoms. The molecule has 39 heavy (non-hydrogen) atoms. The number of halogens is 2. The van der Waals surface area contributed by atoms with Crippen LogP contribution < -0.4 is 30.0 Å². The van der Waals surface area contributed by atoms with E-state index in [-0.39, 0.29) is 30.2 Å². The Kier molecular flexibility index (Phi) is 13.8. The average molecular weight is 645 g/mol. The van der Waals surface area contributed by atoms with E-state index in [4.69, 9.17) is 0 Å². The number of nitrogens with zero attached hydrogens (tertiary/aromatic N) is 2. The third-order valence-corrected chi connectivity index (χ3v) is 9.23. The third kappa shape index (κ3) is 9.51. The van der Waals surface area contributed by atoms with Crippen LogP contribution in [-0.4, -0.2) is 15.4 Å². The fourth-order valence-electron chi connectivity index (χ4n) is 4.04. The van der Waals surface area contributed by atoms with Crippen LogP contribution in [0.15, 0.2) is 128 Å². The molecule has 0 fully saturated rings. The fourth-order valence-corrected chi connectivity index (χ4v) is 5.97. The summed E-state index contributed by atoms with van der Waals surface area (Å²) in [6.07, 6.45) is 3.67. The van der Waals surface area contributed by atoms with Gasteiger partial charge < -0.3 is 24.8 Å². The molecule has 2 aromatic heterocycles. The molecule has 2 heterocycles. The van der Waals surface area contributed by atoms with Crippen molar-refractivity contribution in [3.63, 3.8) is 0 Å².